The van der Waals surface area contributed by atoms with Crippen LogP contribution in [0.1, 0.15) is 62.6 Å². The van der Waals surface area contributed by atoms with Gasteiger partial charge in [-0.05, 0) is 33.3 Å². The average Bonchev–Trinajstić information content (AvgIpc) is 2.95. The summed E-state index contributed by atoms with van der Waals surface area (Å²) >= 11 is 0. The summed E-state index contributed by atoms with van der Waals surface area (Å²) in [6.45, 7) is 9.38. The van der Waals surface area contributed by atoms with Crippen molar-refractivity contribution in [2.45, 2.75) is 52.2 Å². The molecule has 0 N–H and O–H groups in total. The fourth-order valence-electron chi connectivity index (χ4n) is 2.27. The van der Waals surface area contributed by atoms with Crippen LogP contribution in [0.15, 0.2) is 28.8 Å². The lowest BCUT2D eigenvalue weighted by molar-refractivity contribution is -0.168. The Hall–Kier alpha value is -2.21. The van der Waals surface area contributed by atoms with Crippen molar-refractivity contribution in [1.29, 1.82) is 0 Å². The smallest absolute Gasteiger partial charge is 0.345 e. The van der Waals surface area contributed by atoms with Gasteiger partial charge in [0.15, 0.2) is 5.82 Å². The third kappa shape index (κ3) is 4.41. The van der Waals surface area contributed by atoms with E-state index < -0.39 is 17.7 Å². The Morgan fingerprint density at radius 2 is 2.00 bits per heavy atom. The maximum Gasteiger partial charge on any atom is 0.345 e. The molecule has 0 aliphatic carbocycles. The molecule has 0 fully saturated rings. The molecule has 6 nitrogen and oxygen atoms in total. The Labute approximate surface area is 142 Å². The summed E-state index contributed by atoms with van der Waals surface area (Å²) in [5.74, 6) is -0.00980. The van der Waals surface area contributed by atoms with Crippen LogP contribution in [-0.2, 0) is 14.3 Å². The van der Waals surface area contributed by atoms with Crippen LogP contribution >= 0.6 is 0 Å². The number of hydrogen-bond acceptors (Lipinski definition) is 6. The van der Waals surface area contributed by atoms with Gasteiger partial charge in [0.05, 0.1) is 0 Å². The van der Waals surface area contributed by atoms with Crippen LogP contribution < -0.4 is 0 Å². The molecule has 1 aromatic carbocycles. The molecular weight excluding hydrogens is 308 g/mol. The molecular formula is C18H24N2O4. The normalized spacial score (nSPS) is 14.2. The molecule has 1 aromatic heterocycles. The summed E-state index contributed by atoms with van der Waals surface area (Å²) in [5, 5.41) is 4.00. The highest BCUT2D eigenvalue weighted by Crippen LogP contribution is 2.25. The Kier molecular flexibility index (Phi) is 5.39. The molecule has 2 atom stereocenters. The average molecular weight is 332 g/mol. The zero-order valence-corrected chi connectivity index (χ0v) is 15.0. The number of methoxy groups -OCH3 is 1. The molecule has 6 heteroatoms. The number of carbonyl (C=O) groups excluding carboxylic acids is 1. The van der Waals surface area contributed by atoms with Gasteiger partial charge in [-0.2, -0.15) is 4.98 Å². The molecule has 24 heavy (non-hydrogen) atoms. The molecule has 0 bridgehead atoms. The number of ether oxygens (including phenoxy) is 2. The monoisotopic (exact) mass is 332 g/mol. The fraction of sp³-hybridized carbons (Fsp3) is 0.500. The van der Waals surface area contributed by atoms with E-state index >= 15 is 0 Å². The topological polar surface area (TPSA) is 74.5 Å². The highest BCUT2D eigenvalue weighted by Gasteiger charge is 2.32. The minimum absolute atomic E-state index is 0.0569. The predicted octanol–water partition coefficient (Wildman–Crippen LogP) is 3.56. The number of benzene rings is 1. The second-order valence-electron chi connectivity index (χ2n) is 6.78. The van der Waals surface area contributed by atoms with Gasteiger partial charge in [0, 0.05) is 13.0 Å². The van der Waals surface area contributed by atoms with E-state index in [1.807, 2.05) is 32.0 Å². The molecule has 0 saturated heterocycles. The van der Waals surface area contributed by atoms with Gasteiger partial charge in [0.25, 0.3) is 5.89 Å². The molecule has 1 heterocycles. The van der Waals surface area contributed by atoms with Crippen molar-refractivity contribution in [3.05, 3.63) is 47.1 Å². The van der Waals surface area contributed by atoms with E-state index in [4.69, 9.17) is 14.0 Å². The SMILES string of the molecule is COC(C(=O)OC(C)(C)C)c1nc(C(C)c2cccc(C)c2)no1. The van der Waals surface area contributed by atoms with E-state index in [0.717, 1.165) is 11.1 Å². The maximum atomic E-state index is 12.2. The molecule has 0 amide bonds. The number of hydrogen-bond donors (Lipinski definition) is 0. The molecule has 2 rings (SSSR count). The Bertz CT molecular complexity index is 703. The molecule has 130 valence electrons. The van der Waals surface area contributed by atoms with Crippen LogP contribution in [-0.4, -0.2) is 28.8 Å². The quantitative estimate of drug-likeness (QED) is 0.779. The van der Waals surface area contributed by atoms with Crippen LogP contribution in [0.4, 0.5) is 0 Å². The fourth-order valence-corrected chi connectivity index (χ4v) is 2.27. The molecule has 0 radical (unpaired) electrons. The zero-order chi connectivity index (χ0) is 17.9. The predicted molar refractivity (Wildman–Crippen MR) is 88.6 cm³/mol. The lowest BCUT2D eigenvalue weighted by Gasteiger charge is -2.21. The van der Waals surface area contributed by atoms with E-state index in [1.165, 1.54) is 7.11 Å². The highest BCUT2D eigenvalue weighted by atomic mass is 16.6. The number of aromatic nitrogens is 2. The first kappa shape index (κ1) is 18.1. The minimum atomic E-state index is -1.03. The van der Waals surface area contributed by atoms with E-state index in [9.17, 15) is 4.79 Å². The van der Waals surface area contributed by atoms with Crippen molar-refractivity contribution in [2.75, 3.05) is 7.11 Å². The van der Waals surface area contributed by atoms with Gasteiger partial charge in [-0.3, -0.25) is 0 Å². The number of rotatable bonds is 5. The lowest BCUT2D eigenvalue weighted by Crippen LogP contribution is -2.28. The van der Waals surface area contributed by atoms with E-state index in [2.05, 4.69) is 16.2 Å². The molecule has 0 saturated carbocycles. The second-order valence-corrected chi connectivity index (χ2v) is 6.78. The summed E-state index contributed by atoms with van der Waals surface area (Å²) < 4.78 is 15.8. The standard InChI is InChI=1S/C18H24N2O4/c1-11-8-7-9-13(10-11)12(2)15-19-16(24-20-15)14(22-6)17(21)23-18(3,4)5/h7-10,12,14H,1-6H3. The molecule has 0 aliphatic heterocycles. The van der Waals surface area contributed by atoms with Crippen LogP contribution in [0, 0.1) is 6.92 Å². The van der Waals surface area contributed by atoms with Crippen LogP contribution in [0.3, 0.4) is 0 Å². The van der Waals surface area contributed by atoms with Crippen molar-refractivity contribution >= 4 is 5.97 Å². The largest absolute Gasteiger partial charge is 0.458 e. The van der Waals surface area contributed by atoms with Crippen LogP contribution in [0.5, 0.6) is 0 Å². The van der Waals surface area contributed by atoms with Crippen LogP contribution in [0.2, 0.25) is 0 Å². The van der Waals surface area contributed by atoms with Gasteiger partial charge in [-0.25, -0.2) is 4.79 Å². The van der Waals surface area contributed by atoms with Gasteiger partial charge < -0.3 is 14.0 Å². The van der Waals surface area contributed by atoms with Gasteiger partial charge in [0.1, 0.15) is 5.60 Å². The van der Waals surface area contributed by atoms with Crippen molar-refractivity contribution in [2.24, 2.45) is 0 Å². The first-order chi connectivity index (χ1) is 11.2. The van der Waals surface area contributed by atoms with Gasteiger partial charge in [-0.1, -0.05) is 41.9 Å². The Morgan fingerprint density at radius 1 is 1.29 bits per heavy atom. The van der Waals surface area contributed by atoms with Gasteiger partial charge in [0.2, 0.25) is 6.10 Å². The molecule has 2 unspecified atom stereocenters. The summed E-state index contributed by atoms with van der Waals surface area (Å²) in [6.07, 6.45) is -1.03. The lowest BCUT2D eigenvalue weighted by atomic mass is 9.99. The Balaban J connectivity index is 2.20. The summed E-state index contributed by atoms with van der Waals surface area (Å²) in [4.78, 5) is 16.5. The third-order valence-electron chi connectivity index (χ3n) is 3.47. The van der Waals surface area contributed by atoms with E-state index in [1.54, 1.807) is 20.8 Å². The van der Waals surface area contributed by atoms with E-state index in [-0.39, 0.29) is 11.8 Å². The summed E-state index contributed by atoms with van der Waals surface area (Å²) in [5.41, 5.74) is 1.62. The van der Waals surface area contributed by atoms with Crippen molar-refractivity contribution in [3.8, 4) is 0 Å². The Morgan fingerprint density at radius 3 is 2.58 bits per heavy atom. The second kappa shape index (κ2) is 7.13. The van der Waals surface area contributed by atoms with E-state index in [0.29, 0.717) is 5.82 Å². The first-order valence-corrected chi connectivity index (χ1v) is 7.87. The number of esters is 1. The number of carbonyl (C=O) groups is 1. The first-order valence-electron chi connectivity index (χ1n) is 7.87. The third-order valence-corrected chi connectivity index (χ3v) is 3.47. The van der Waals surface area contributed by atoms with Crippen LogP contribution in [0.25, 0.3) is 0 Å². The van der Waals surface area contributed by atoms with Gasteiger partial charge in [-0.15, -0.1) is 0 Å². The molecule has 0 spiro atoms. The molecule has 2 aromatic rings. The number of nitrogens with zero attached hydrogens (tertiary/aromatic N) is 2. The molecule has 0 aliphatic rings. The maximum absolute atomic E-state index is 12.2. The van der Waals surface area contributed by atoms with Crippen molar-refractivity contribution < 1.29 is 18.8 Å². The summed E-state index contributed by atoms with van der Waals surface area (Å²) in [6, 6.07) is 8.10. The minimum Gasteiger partial charge on any atom is -0.458 e. The zero-order valence-electron chi connectivity index (χ0n) is 15.0. The van der Waals surface area contributed by atoms with Gasteiger partial charge >= 0.3 is 5.97 Å². The van der Waals surface area contributed by atoms with Crippen molar-refractivity contribution in [3.63, 3.8) is 0 Å². The number of aryl methyl sites for hydroxylation is 1. The van der Waals surface area contributed by atoms with Crippen molar-refractivity contribution in [1.82, 2.24) is 10.1 Å². The highest BCUT2D eigenvalue weighted by molar-refractivity contribution is 5.75. The summed E-state index contributed by atoms with van der Waals surface area (Å²) in [7, 11) is 1.41.